The molecule has 0 aliphatic rings. The maximum atomic E-state index is 12.4. The molecule has 0 saturated heterocycles. The number of alkyl halides is 3. The molecule has 0 bridgehead atoms. The van der Waals surface area contributed by atoms with Crippen molar-refractivity contribution in [1.29, 1.82) is 0 Å². The number of nitrogens with one attached hydrogen (secondary N) is 1. The molecule has 0 saturated carbocycles. The second-order valence-corrected chi connectivity index (χ2v) is 3.59. The molecule has 0 radical (unpaired) electrons. The van der Waals surface area contributed by atoms with Gasteiger partial charge in [0.25, 0.3) is 0 Å². The molecule has 1 heterocycles. The van der Waals surface area contributed by atoms with Crippen LogP contribution in [0.3, 0.4) is 0 Å². The van der Waals surface area contributed by atoms with Gasteiger partial charge < -0.3 is 10.1 Å². The number of halogens is 3. The number of hydrogen-bond donors (Lipinski definition) is 1. The van der Waals surface area contributed by atoms with E-state index in [9.17, 15) is 13.2 Å². The molecule has 1 unspecified atom stereocenters. The summed E-state index contributed by atoms with van der Waals surface area (Å²) in [6.45, 7) is 2.22. The van der Waals surface area contributed by atoms with Gasteiger partial charge in [0.05, 0.1) is 19.7 Å². The molecule has 6 heteroatoms. The van der Waals surface area contributed by atoms with Gasteiger partial charge in [0.2, 0.25) is 0 Å². The Balaban J connectivity index is 2.88. The van der Waals surface area contributed by atoms with Crippen LogP contribution < -0.4 is 10.1 Å². The van der Waals surface area contributed by atoms with Gasteiger partial charge in [-0.1, -0.05) is 6.92 Å². The van der Waals surface area contributed by atoms with E-state index in [1.807, 2.05) is 0 Å². The molecule has 0 spiro atoms. The molecule has 0 amide bonds. The van der Waals surface area contributed by atoms with Crippen LogP contribution in [0, 0.1) is 0 Å². The van der Waals surface area contributed by atoms with Crippen molar-refractivity contribution in [3.8, 4) is 5.75 Å². The van der Waals surface area contributed by atoms with Crippen molar-refractivity contribution in [3.05, 3.63) is 24.0 Å². The Hall–Kier alpha value is -1.30. The topological polar surface area (TPSA) is 34.2 Å². The number of hydrogen-bond acceptors (Lipinski definition) is 3. The highest BCUT2D eigenvalue weighted by Crippen LogP contribution is 2.30. The molecule has 1 aromatic rings. The van der Waals surface area contributed by atoms with Crippen LogP contribution in [0.1, 0.15) is 24.9 Å². The lowest BCUT2D eigenvalue weighted by atomic mass is 10.1. The normalized spacial score (nSPS) is 13.5. The minimum Gasteiger partial charge on any atom is -0.495 e. The first-order chi connectivity index (χ1) is 7.96. The zero-order chi connectivity index (χ0) is 12.9. The van der Waals surface area contributed by atoms with Crippen molar-refractivity contribution in [3.63, 3.8) is 0 Å². The second kappa shape index (κ2) is 5.86. The van der Waals surface area contributed by atoms with E-state index in [0.717, 1.165) is 0 Å². The van der Waals surface area contributed by atoms with Crippen molar-refractivity contribution >= 4 is 0 Å². The molecule has 1 aromatic heterocycles. The van der Waals surface area contributed by atoms with Gasteiger partial charge >= 0.3 is 6.18 Å². The summed E-state index contributed by atoms with van der Waals surface area (Å²) < 4.78 is 42.2. The van der Waals surface area contributed by atoms with E-state index in [4.69, 9.17) is 4.74 Å². The fraction of sp³-hybridized carbons (Fsp3) is 0.545. The third-order valence-electron chi connectivity index (χ3n) is 2.26. The number of nitrogens with zero attached hydrogens (tertiary/aromatic N) is 1. The molecule has 0 aliphatic carbocycles. The van der Waals surface area contributed by atoms with Crippen LogP contribution >= 0.6 is 0 Å². The van der Waals surface area contributed by atoms with Crippen molar-refractivity contribution in [2.45, 2.75) is 25.6 Å². The van der Waals surface area contributed by atoms with Crippen molar-refractivity contribution in [1.82, 2.24) is 10.3 Å². The van der Waals surface area contributed by atoms with Gasteiger partial charge in [0.15, 0.2) is 0 Å². The highest BCUT2D eigenvalue weighted by atomic mass is 19.4. The summed E-state index contributed by atoms with van der Waals surface area (Å²) in [5.41, 5.74) is 0.475. The molecular formula is C11H15F3N2O. The van der Waals surface area contributed by atoms with Crippen LogP contribution in [0.4, 0.5) is 13.2 Å². The van der Waals surface area contributed by atoms with Gasteiger partial charge in [0.1, 0.15) is 5.75 Å². The summed E-state index contributed by atoms with van der Waals surface area (Å²) in [7, 11) is 1.45. The van der Waals surface area contributed by atoms with E-state index < -0.39 is 18.6 Å². The molecule has 1 atom stereocenters. The minimum absolute atomic E-state index is 0.451. The van der Waals surface area contributed by atoms with Crippen molar-refractivity contribution in [2.24, 2.45) is 0 Å². The average molecular weight is 248 g/mol. The smallest absolute Gasteiger partial charge is 0.390 e. The summed E-state index contributed by atoms with van der Waals surface area (Å²) in [4.78, 5) is 3.86. The number of methoxy groups -OCH3 is 1. The Kier molecular flexibility index (Phi) is 4.74. The summed E-state index contributed by atoms with van der Waals surface area (Å²) in [5.74, 6) is 0.451. The number of ether oxygens (including phenoxy) is 1. The Labute approximate surface area is 98.0 Å². The molecule has 1 N–H and O–H groups in total. The van der Waals surface area contributed by atoms with Gasteiger partial charge in [-0.05, 0) is 18.2 Å². The molecule has 0 aromatic carbocycles. The average Bonchev–Trinajstić information content (AvgIpc) is 2.27. The summed E-state index contributed by atoms with van der Waals surface area (Å²) >= 11 is 0. The van der Waals surface area contributed by atoms with Gasteiger partial charge in [-0.2, -0.15) is 13.2 Å². The first-order valence-electron chi connectivity index (χ1n) is 5.25. The van der Waals surface area contributed by atoms with Crippen LogP contribution in [0.5, 0.6) is 5.75 Å². The zero-order valence-corrected chi connectivity index (χ0v) is 9.71. The molecule has 0 fully saturated rings. The lowest BCUT2D eigenvalue weighted by molar-refractivity contribution is -0.140. The second-order valence-electron chi connectivity index (χ2n) is 3.59. The Morgan fingerprint density at radius 3 is 2.65 bits per heavy atom. The van der Waals surface area contributed by atoms with Crippen LogP contribution in [-0.4, -0.2) is 24.8 Å². The Bertz CT molecular complexity index is 355. The van der Waals surface area contributed by atoms with Crippen LogP contribution in [0.15, 0.2) is 18.5 Å². The van der Waals surface area contributed by atoms with Crippen molar-refractivity contribution < 1.29 is 17.9 Å². The lowest BCUT2D eigenvalue weighted by Gasteiger charge is -2.20. The third kappa shape index (κ3) is 4.60. The predicted molar refractivity (Wildman–Crippen MR) is 57.9 cm³/mol. The summed E-state index contributed by atoms with van der Waals surface area (Å²) in [6, 6.07) is 0.772. The monoisotopic (exact) mass is 248 g/mol. The quantitative estimate of drug-likeness (QED) is 0.870. The molecule has 1 rings (SSSR count). The molecule has 3 nitrogen and oxygen atoms in total. The number of rotatable bonds is 5. The maximum Gasteiger partial charge on any atom is 0.390 e. The number of aromatic nitrogens is 1. The van der Waals surface area contributed by atoms with E-state index in [1.165, 1.54) is 19.5 Å². The van der Waals surface area contributed by atoms with E-state index in [1.54, 1.807) is 13.0 Å². The zero-order valence-electron chi connectivity index (χ0n) is 9.71. The molecule has 96 valence electrons. The van der Waals surface area contributed by atoms with E-state index >= 15 is 0 Å². The molecular weight excluding hydrogens is 233 g/mol. The van der Waals surface area contributed by atoms with Gasteiger partial charge in [-0.25, -0.2) is 0 Å². The van der Waals surface area contributed by atoms with Gasteiger partial charge in [0, 0.05) is 12.2 Å². The SMILES string of the molecule is CCNC(CC(F)(F)F)c1cncc(OC)c1. The minimum atomic E-state index is -4.21. The van der Waals surface area contributed by atoms with Gasteiger partial charge in [-0.3, -0.25) is 4.98 Å². The van der Waals surface area contributed by atoms with E-state index in [-0.39, 0.29) is 0 Å². The fourth-order valence-corrected chi connectivity index (χ4v) is 1.52. The molecule has 17 heavy (non-hydrogen) atoms. The van der Waals surface area contributed by atoms with Crippen molar-refractivity contribution in [2.75, 3.05) is 13.7 Å². The van der Waals surface area contributed by atoms with Gasteiger partial charge in [-0.15, -0.1) is 0 Å². The van der Waals surface area contributed by atoms with E-state index in [0.29, 0.717) is 17.9 Å². The van der Waals surface area contributed by atoms with Crippen LogP contribution in [0.2, 0.25) is 0 Å². The third-order valence-corrected chi connectivity index (χ3v) is 2.26. The van der Waals surface area contributed by atoms with Crippen LogP contribution in [0.25, 0.3) is 0 Å². The largest absolute Gasteiger partial charge is 0.495 e. The summed E-state index contributed by atoms with van der Waals surface area (Å²) in [6.07, 6.45) is -2.26. The Morgan fingerprint density at radius 2 is 2.12 bits per heavy atom. The molecule has 0 aliphatic heterocycles. The summed E-state index contributed by atoms with van der Waals surface area (Å²) in [5, 5.41) is 2.79. The fourth-order valence-electron chi connectivity index (χ4n) is 1.52. The first kappa shape index (κ1) is 13.8. The first-order valence-corrected chi connectivity index (χ1v) is 5.25. The maximum absolute atomic E-state index is 12.4. The number of pyridine rings is 1. The Morgan fingerprint density at radius 1 is 1.41 bits per heavy atom. The van der Waals surface area contributed by atoms with Crippen LogP contribution in [-0.2, 0) is 0 Å². The predicted octanol–water partition coefficient (Wildman–Crippen LogP) is 2.69. The highest BCUT2D eigenvalue weighted by Gasteiger charge is 2.32. The standard InChI is InChI=1S/C11H15F3N2O/c1-3-16-10(5-11(12,13)14)8-4-9(17-2)7-15-6-8/h4,6-7,10,16H,3,5H2,1-2H3. The highest BCUT2D eigenvalue weighted by molar-refractivity contribution is 5.26. The lowest BCUT2D eigenvalue weighted by Crippen LogP contribution is -2.26. The van der Waals surface area contributed by atoms with E-state index in [2.05, 4.69) is 10.3 Å².